The average molecular weight is 278 g/mol. The molecule has 0 amide bonds. The number of nitrogens with zero attached hydrogens (tertiary/aromatic N) is 4. The highest BCUT2D eigenvalue weighted by atomic mass is 16.3. The van der Waals surface area contributed by atoms with Crippen molar-refractivity contribution in [3.8, 4) is 0 Å². The van der Waals surface area contributed by atoms with E-state index in [0.717, 1.165) is 45.4 Å². The Kier molecular flexibility index (Phi) is 4.36. The number of aliphatic hydroxyl groups excluding tert-OH is 1. The van der Waals surface area contributed by atoms with Crippen LogP contribution in [0.4, 0.5) is 0 Å². The molecule has 1 saturated heterocycles. The Hall–Kier alpha value is -0.940. The van der Waals surface area contributed by atoms with Gasteiger partial charge in [0.2, 0.25) is 0 Å². The molecule has 5 heteroatoms. The molecule has 2 aliphatic heterocycles. The molecule has 1 aromatic heterocycles. The van der Waals surface area contributed by atoms with Crippen molar-refractivity contribution in [2.75, 3.05) is 19.6 Å². The van der Waals surface area contributed by atoms with Gasteiger partial charge < -0.3 is 14.6 Å². The average Bonchev–Trinajstić information content (AvgIpc) is 3.01. The van der Waals surface area contributed by atoms with Crippen LogP contribution in [0.3, 0.4) is 0 Å². The maximum atomic E-state index is 10.00. The van der Waals surface area contributed by atoms with Crippen molar-refractivity contribution >= 4 is 0 Å². The van der Waals surface area contributed by atoms with Crippen LogP contribution in [0.25, 0.3) is 0 Å². The molecule has 2 atom stereocenters. The second-order valence-corrected chi connectivity index (χ2v) is 6.27. The number of fused-ring (bicyclic) bond motifs is 1. The molecule has 2 unspecified atom stereocenters. The van der Waals surface area contributed by atoms with Crippen LogP contribution >= 0.6 is 0 Å². The van der Waals surface area contributed by atoms with Gasteiger partial charge in [-0.3, -0.25) is 0 Å². The zero-order chi connectivity index (χ0) is 13.9. The van der Waals surface area contributed by atoms with E-state index in [4.69, 9.17) is 0 Å². The molecule has 0 aliphatic carbocycles. The van der Waals surface area contributed by atoms with Crippen LogP contribution in [-0.2, 0) is 13.0 Å². The van der Waals surface area contributed by atoms with E-state index in [1.807, 2.05) is 0 Å². The van der Waals surface area contributed by atoms with Gasteiger partial charge >= 0.3 is 0 Å². The van der Waals surface area contributed by atoms with Gasteiger partial charge in [-0.2, -0.15) is 0 Å². The monoisotopic (exact) mass is 278 g/mol. The van der Waals surface area contributed by atoms with Crippen LogP contribution in [0.5, 0.6) is 0 Å². The number of aliphatic hydroxyl groups is 1. The zero-order valence-electron chi connectivity index (χ0n) is 12.5. The third-order valence-electron chi connectivity index (χ3n) is 4.60. The first-order chi connectivity index (χ1) is 9.78. The molecule has 0 aromatic carbocycles. The Bertz CT molecular complexity index is 445. The Balaban J connectivity index is 1.63. The second kappa shape index (κ2) is 6.22. The number of hydrogen-bond donors (Lipinski definition) is 1. The lowest BCUT2D eigenvalue weighted by Crippen LogP contribution is -2.40. The normalized spacial score (nSPS) is 24.8. The Morgan fingerprint density at radius 1 is 1.30 bits per heavy atom. The first kappa shape index (κ1) is 14.0. The molecule has 0 bridgehead atoms. The number of β-amino-alcohol motifs (C(OH)–C–C–N with tert-alkyl or cyclic N) is 1. The summed E-state index contributed by atoms with van der Waals surface area (Å²) in [4.78, 5) is 2.41. The van der Waals surface area contributed by atoms with Crippen molar-refractivity contribution in [2.45, 2.75) is 64.0 Å². The summed E-state index contributed by atoms with van der Waals surface area (Å²) in [6.45, 7) is 6.16. The summed E-state index contributed by atoms with van der Waals surface area (Å²) in [5, 5.41) is 18.8. The van der Waals surface area contributed by atoms with E-state index in [0.29, 0.717) is 5.92 Å². The van der Waals surface area contributed by atoms with Gasteiger partial charge in [-0.05, 0) is 32.2 Å². The summed E-state index contributed by atoms with van der Waals surface area (Å²) < 4.78 is 2.33. The fraction of sp³-hybridized carbons (Fsp3) is 0.867. The lowest BCUT2D eigenvalue weighted by atomic mass is 9.96. The summed E-state index contributed by atoms with van der Waals surface area (Å²) >= 11 is 0. The summed E-state index contributed by atoms with van der Waals surface area (Å²) in [5.74, 6) is 2.85. The molecule has 5 nitrogen and oxygen atoms in total. The van der Waals surface area contributed by atoms with Gasteiger partial charge in [0.15, 0.2) is 0 Å². The maximum Gasteiger partial charge on any atom is 0.137 e. The highest BCUT2D eigenvalue weighted by molar-refractivity contribution is 5.07. The molecule has 0 radical (unpaired) electrons. The molecule has 0 spiro atoms. The predicted molar refractivity (Wildman–Crippen MR) is 77.7 cm³/mol. The van der Waals surface area contributed by atoms with E-state index < -0.39 is 0 Å². The standard InChI is InChI=1S/C15H26N4O/c1-2-5-13(20)11-18-8-3-6-12(10-18)15-17-16-14-7-4-9-19(14)15/h12-13,20H,2-11H2,1H3. The van der Waals surface area contributed by atoms with Gasteiger partial charge in [-0.25, -0.2) is 0 Å². The van der Waals surface area contributed by atoms with Crippen molar-refractivity contribution < 1.29 is 5.11 Å². The lowest BCUT2D eigenvalue weighted by Gasteiger charge is -2.33. The molecule has 1 aromatic rings. The fourth-order valence-corrected chi connectivity index (χ4v) is 3.63. The second-order valence-electron chi connectivity index (χ2n) is 6.27. The van der Waals surface area contributed by atoms with E-state index in [9.17, 15) is 5.11 Å². The summed E-state index contributed by atoms with van der Waals surface area (Å²) in [7, 11) is 0. The third-order valence-corrected chi connectivity index (χ3v) is 4.60. The topological polar surface area (TPSA) is 54.2 Å². The Labute approximate surface area is 121 Å². The highest BCUT2D eigenvalue weighted by Gasteiger charge is 2.28. The third kappa shape index (κ3) is 2.88. The quantitative estimate of drug-likeness (QED) is 0.888. The van der Waals surface area contributed by atoms with Gasteiger partial charge in [0.1, 0.15) is 11.6 Å². The molecule has 20 heavy (non-hydrogen) atoms. The van der Waals surface area contributed by atoms with Crippen LogP contribution in [0.1, 0.15) is 56.6 Å². The van der Waals surface area contributed by atoms with Crippen molar-refractivity contribution in [1.82, 2.24) is 19.7 Å². The van der Waals surface area contributed by atoms with Gasteiger partial charge in [-0.15, -0.1) is 10.2 Å². The number of hydrogen-bond acceptors (Lipinski definition) is 4. The van der Waals surface area contributed by atoms with Crippen LogP contribution < -0.4 is 0 Å². The van der Waals surface area contributed by atoms with Crippen molar-refractivity contribution in [1.29, 1.82) is 0 Å². The lowest BCUT2D eigenvalue weighted by molar-refractivity contribution is 0.0876. The number of rotatable bonds is 5. The van der Waals surface area contributed by atoms with Crippen LogP contribution in [0.2, 0.25) is 0 Å². The van der Waals surface area contributed by atoms with Crippen molar-refractivity contribution in [2.24, 2.45) is 0 Å². The molecule has 112 valence electrons. The van der Waals surface area contributed by atoms with Gasteiger partial charge in [0.05, 0.1) is 6.10 Å². The molecule has 0 saturated carbocycles. The molecular weight excluding hydrogens is 252 g/mol. The maximum absolute atomic E-state index is 10.00. The minimum Gasteiger partial charge on any atom is -0.392 e. The van der Waals surface area contributed by atoms with E-state index in [2.05, 4.69) is 26.6 Å². The van der Waals surface area contributed by atoms with E-state index in [-0.39, 0.29) is 6.10 Å². The number of piperidine rings is 1. The highest BCUT2D eigenvalue weighted by Crippen LogP contribution is 2.28. The number of aryl methyl sites for hydroxylation is 1. The van der Waals surface area contributed by atoms with Gasteiger partial charge in [0, 0.05) is 32.0 Å². The molecule has 1 fully saturated rings. The van der Waals surface area contributed by atoms with Gasteiger partial charge in [0.25, 0.3) is 0 Å². The van der Waals surface area contributed by atoms with Crippen LogP contribution in [-0.4, -0.2) is 50.5 Å². The van der Waals surface area contributed by atoms with E-state index in [1.165, 1.54) is 30.9 Å². The van der Waals surface area contributed by atoms with E-state index >= 15 is 0 Å². The van der Waals surface area contributed by atoms with E-state index in [1.54, 1.807) is 0 Å². The van der Waals surface area contributed by atoms with Gasteiger partial charge in [-0.1, -0.05) is 13.3 Å². The summed E-state index contributed by atoms with van der Waals surface area (Å²) in [6, 6.07) is 0. The molecule has 3 heterocycles. The molecule has 2 aliphatic rings. The summed E-state index contributed by atoms with van der Waals surface area (Å²) in [5.41, 5.74) is 0. The minimum absolute atomic E-state index is 0.178. The first-order valence-electron chi connectivity index (χ1n) is 8.10. The molecule has 3 rings (SSSR count). The number of aromatic nitrogens is 3. The molecular formula is C15H26N4O. The SMILES string of the molecule is CCCC(O)CN1CCCC(c2nnc3n2CCC3)C1. The largest absolute Gasteiger partial charge is 0.392 e. The summed E-state index contributed by atoms with van der Waals surface area (Å²) in [6.07, 6.45) is 6.48. The van der Waals surface area contributed by atoms with Crippen molar-refractivity contribution in [3.63, 3.8) is 0 Å². The first-order valence-corrected chi connectivity index (χ1v) is 8.10. The smallest absolute Gasteiger partial charge is 0.137 e. The number of likely N-dealkylation sites (tertiary alicyclic amines) is 1. The molecule has 1 N–H and O–H groups in total. The van der Waals surface area contributed by atoms with Crippen molar-refractivity contribution in [3.05, 3.63) is 11.6 Å². The fourth-order valence-electron chi connectivity index (χ4n) is 3.63. The Morgan fingerprint density at radius 3 is 3.05 bits per heavy atom. The van der Waals surface area contributed by atoms with Crippen LogP contribution in [0.15, 0.2) is 0 Å². The zero-order valence-corrected chi connectivity index (χ0v) is 12.5. The predicted octanol–water partition coefficient (Wildman–Crippen LogP) is 1.56. The minimum atomic E-state index is -0.178. The Morgan fingerprint density at radius 2 is 2.20 bits per heavy atom. The van der Waals surface area contributed by atoms with Crippen LogP contribution in [0, 0.1) is 0 Å².